The third-order valence-electron chi connectivity index (χ3n) is 6.97. The number of urea groups is 1. The number of aromatic nitrogens is 3. The van der Waals surface area contributed by atoms with Gasteiger partial charge in [0, 0.05) is 31.9 Å². The number of alkyl halides is 3. The molecule has 13 heteroatoms. The SMILES string of the molecule is O=C(Nc1cccc(C(F)(F)F)c1)Nc1nc2cc(-c3ccc4ncn(CCN5CCOCC5)c(=O)c4c3)ccc2s1. The number of nitrogens with zero attached hydrogens (tertiary/aromatic N) is 4. The highest BCUT2D eigenvalue weighted by molar-refractivity contribution is 7.22. The quantitative estimate of drug-likeness (QED) is 0.263. The maximum Gasteiger partial charge on any atom is 0.416 e. The number of thiazole rings is 1. The van der Waals surface area contributed by atoms with Crippen molar-refractivity contribution in [2.75, 3.05) is 43.5 Å². The van der Waals surface area contributed by atoms with Gasteiger partial charge >= 0.3 is 12.2 Å². The molecular formula is C29H25F3N6O3S. The summed E-state index contributed by atoms with van der Waals surface area (Å²) in [6.07, 6.45) is -2.93. The van der Waals surface area contributed by atoms with Crippen molar-refractivity contribution in [1.29, 1.82) is 0 Å². The topological polar surface area (TPSA) is 101 Å². The number of fused-ring (bicyclic) bond motifs is 2. The lowest BCUT2D eigenvalue weighted by atomic mass is 10.0. The van der Waals surface area contributed by atoms with Crippen molar-refractivity contribution in [3.05, 3.63) is 82.9 Å². The zero-order chi connectivity index (χ0) is 29.3. The second kappa shape index (κ2) is 11.5. The van der Waals surface area contributed by atoms with Crippen LogP contribution in [0.4, 0.5) is 28.8 Å². The molecule has 6 rings (SSSR count). The number of benzene rings is 3. The molecule has 5 aromatic rings. The summed E-state index contributed by atoms with van der Waals surface area (Å²) in [6.45, 7) is 4.36. The first-order chi connectivity index (χ1) is 20.2. The van der Waals surface area contributed by atoms with Crippen molar-refractivity contribution < 1.29 is 22.7 Å². The Hall–Kier alpha value is -4.33. The molecule has 0 spiro atoms. The molecule has 0 radical (unpaired) electrons. The van der Waals surface area contributed by atoms with Crippen molar-refractivity contribution in [3.63, 3.8) is 0 Å². The highest BCUT2D eigenvalue weighted by Crippen LogP contribution is 2.32. The zero-order valence-corrected chi connectivity index (χ0v) is 23.0. The number of carbonyl (C=O) groups is 1. The van der Waals surface area contributed by atoms with E-state index in [4.69, 9.17) is 4.74 Å². The number of anilines is 2. The Balaban J connectivity index is 1.19. The summed E-state index contributed by atoms with van der Waals surface area (Å²) in [4.78, 5) is 36.9. The van der Waals surface area contributed by atoms with Crippen LogP contribution in [0.5, 0.6) is 0 Å². The lowest BCUT2D eigenvalue weighted by molar-refractivity contribution is -0.137. The van der Waals surface area contributed by atoms with Gasteiger partial charge < -0.3 is 10.1 Å². The van der Waals surface area contributed by atoms with Gasteiger partial charge in [0.15, 0.2) is 5.13 Å². The first-order valence-electron chi connectivity index (χ1n) is 13.2. The van der Waals surface area contributed by atoms with Crippen LogP contribution in [0.1, 0.15) is 5.56 Å². The molecule has 0 atom stereocenters. The summed E-state index contributed by atoms with van der Waals surface area (Å²) in [5.41, 5.74) is 1.93. The normalized spacial score (nSPS) is 14.4. The molecule has 2 aromatic heterocycles. The second-order valence-corrected chi connectivity index (χ2v) is 10.8. The Morgan fingerprint density at radius 3 is 2.55 bits per heavy atom. The third kappa shape index (κ3) is 6.12. The van der Waals surface area contributed by atoms with Crippen molar-refractivity contribution in [3.8, 4) is 11.1 Å². The second-order valence-electron chi connectivity index (χ2n) is 9.79. The van der Waals surface area contributed by atoms with Gasteiger partial charge in [-0.05, 0) is 53.6 Å². The maximum absolute atomic E-state index is 13.3. The molecule has 9 nitrogen and oxygen atoms in total. The largest absolute Gasteiger partial charge is 0.416 e. The van der Waals surface area contributed by atoms with Crippen molar-refractivity contribution >= 4 is 49.3 Å². The van der Waals surface area contributed by atoms with Gasteiger partial charge in [-0.1, -0.05) is 29.5 Å². The molecule has 3 aromatic carbocycles. The lowest BCUT2D eigenvalue weighted by Crippen LogP contribution is -2.39. The van der Waals surface area contributed by atoms with Gasteiger partial charge in [0.1, 0.15) is 0 Å². The van der Waals surface area contributed by atoms with Crippen LogP contribution in [0.15, 0.2) is 71.8 Å². The Morgan fingerprint density at radius 1 is 0.952 bits per heavy atom. The molecule has 1 aliphatic rings. The highest BCUT2D eigenvalue weighted by Gasteiger charge is 2.30. The van der Waals surface area contributed by atoms with Gasteiger partial charge in [-0.15, -0.1) is 0 Å². The number of rotatable bonds is 6. The molecule has 216 valence electrons. The van der Waals surface area contributed by atoms with Crippen LogP contribution >= 0.6 is 11.3 Å². The number of hydrogen-bond donors (Lipinski definition) is 2. The molecule has 2 amide bonds. The molecule has 1 saturated heterocycles. The predicted octanol–water partition coefficient (Wildman–Crippen LogP) is 5.67. The van der Waals surface area contributed by atoms with Gasteiger partial charge in [-0.2, -0.15) is 13.2 Å². The first-order valence-corrected chi connectivity index (χ1v) is 14.0. The molecule has 0 saturated carbocycles. The Morgan fingerprint density at radius 2 is 1.74 bits per heavy atom. The van der Waals surface area contributed by atoms with E-state index in [1.165, 1.54) is 23.5 Å². The van der Waals surface area contributed by atoms with Crippen molar-refractivity contribution in [2.24, 2.45) is 0 Å². The molecule has 0 bridgehead atoms. The van der Waals surface area contributed by atoms with E-state index < -0.39 is 17.8 Å². The number of amides is 2. The summed E-state index contributed by atoms with van der Waals surface area (Å²) in [6, 6.07) is 14.8. The fourth-order valence-electron chi connectivity index (χ4n) is 4.76. The van der Waals surface area contributed by atoms with Gasteiger partial charge in [0.05, 0.1) is 46.2 Å². The maximum atomic E-state index is 13.3. The van der Waals surface area contributed by atoms with E-state index in [-0.39, 0.29) is 16.4 Å². The molecule has 42 heavy (non-hydrogen) atoms. The van der Waals surface area contributed by atoms with Crippen LogP contribution in [0.2, 0.25) is 0 Å². The van der Waals surface area contributed by atoms with E-state index in [0.717, 1.165) is 47.6 Å². The predicted molar refractivity (Wildman–Crippen MR) is 156 cm³/mol. The first kappa shape index (κ1) is 27.8. The molecule has 0 aliphatic carbocycles. The Bertz CT molecular complexity index is 1830. The number of halogens is 3. The minimum Gasteiger partial charge on any atom is -0.379 e. The van der Waals surface area contributed by atoms with Crippen LogP contribution < -0.4 is 16.2 Å². The van der Waals surface area contributed by atoms with E-state index >= 15 is 0 Å². The van der Waals surface area contributed by atoms with Crippen LogP contribution in [0.3, 0.4) is 0 Å². The minimum absolute atomic E-state index is 0.0108. The highest BCUT2D eigenvalue weighted by atomic mass is 32.1. The van der Waals surface area contributed by atoms with E-state index in [2.05, 4.69) is 25.5 Å². The van der Waals surface area contributed by atoms with Crippen LogP contribution in [-0.2, 0) is 17.5 Å². The zero-order valence-electron chi connectivity index (χ0n) is 22.1. The van der Waals surface area contributed by atoms with Gasteiger partial charge in [0.2, 0.25) is 0 Å². The molecule has 3 heterocycles. The van der Waals surface area contributed by atoms with E-state index in [0.29, 0.717) is 36.2 Å². The lowest BCUT2D eigenvalue weighted by Gasteiger charge is -2.26. The monoisotopic (exact) mass is 594 g/mol. The molecule has 1 fully saturated rings. The number of morpholine rings is 1. The smallest absolute Gasteiger partial charge is 0.379 e. The summed E-state index contributed by atoms with van der Waals surface area (Å²) >= 11 is 1.23. The standard InChI is InChI=1S/C29H25F3N6O3S/c30-29(31,32)20-2-1-3-21(16-20)34-27(40)36-28-35-24-15-19(5-7-25(24)42-28)18-4-6-23-22(14-18)26(39)38(17-33-23)9-8-37-10-12-41-13-11-37/h1-7,14-17H,8-13H2,(H2,34,35,36,40). The minimum atomic E-state index is -4.51. The van der Waals surface area contributed by atoms with Crippen molar-refractivity contribution in [2.45, 2.75) is 12.7 Å². The number of hydrogen-bond acceptors (Lipinski definition) is 7. The van der Waals surface area contributed by atoms with Gasteiger partial charge in [-0.3, -0.25) is 19.6 Å². The summed E-state index contributed by atoms with van der Waals surface area (Å²) in [5.74, 6) is 0. The average molecular weight is 595 g/mol. The van der Waals surface area contributed by atoms with Gasteiger partial charge in [-0.25, -0.2) is 14.8 Å². The third-order valence-corrected chi connectivity index (χ3v) is 7.93. The van der Waals surface area contributed by atoms with E-state index in [1.807, 2.05) is 36.4 Å². The molecule has 0 unspecified atom stereocenters. The number of carbonyl (C=O) groups excluding carboxylic acids is 1. The molecule has 2 N–H and O–H groups in total. The van der Waals surface area contributed by atoms with Gasteiger partial charge in [0.25, 0.3) is 5.56 Å². The van der Waals surface area contributed by atoms with E-state index in [1.54, 1.807) is 10.9 Å². The summed E-state index contributed by atoms with van der Waals surface area (Å²) < 4.78 is 46.8. The van der Waals surface area contributed by atoms with Crippen molar-refractivity contribution in [1.82, 2.24) is 19.4 Å². The molecular weight excluding hydrogens is 569 g/mol. The Labute approximate surface area is 241 Å². The summed E-state index contributed by atoms with van der Waals surface area (Å²) in [7, 11) is 0. The van der Waals surface area contributed by atoms with Crippen LogP contribution in [0.25, 0.3) is 32.2 Å². The average Bonchev–Trinajstić information content (AvgIpc) is 3.38. The van der Waals surface area contributed by atoms with E-state index in [9.17, 15) is 22.8 Å². The molecule has 1 aliphatic heterocycles. The van der Waals surface area contributed by atoms with Crippen LogP contribution in [0, 0.1) is 0 Å². The fourth-order valence-corrected chi connectivity index (χ4v) is 5.61. The summed E-state index contributed by atoms with van der Waals surface area (Å²) in [5, 5.41) is 5.80. The number of ether oxygens (including phenoxy) is 1. The van der Waals surface area contributed by atoms with Crippen LogP contribution in [-0.4, -0.2) is 58.3 Å². The fraction of sp³-hybridized carbons (Fsp3) is 0.241. The Kier molecular flexibility index (Phi) is 7.62. The number of nitrogens with one attached hydrogen (secondary N) is 2.